The molecule has 3 aromatic heterocycles. The van der Waals surface area contributed by atoms with Crippen molar-refractivity contribution in [2.75, 3.05) is 12.5 Å². The van der Waals surface area contributed by atoms with Crippen molar-refractivity contribution in [1.82, 2.24) is 15.0 Å². The predicted molar refractivity (Wildman–Crippen MR) is 189 cm³/mol. The standard InChI is InChI=1S/C17H18N2S2.C17H16N2S2/c2*1-21-16-10-9-15(19-16)17(12-5-3-2-4-6-12)14-8-7-13(11-20)18-14/h2-10,17-20H,11H2,1H3;2-10,18,20H,11H2,1H3/b;17-15-. The number of thiol groups is 2. The van der Waals surface area contributed by atoms with Gasteiger partial charge in [0.25, 0.3) is 0 Å². The van der Waals surface area contributed by atoms with E-state index in [1.807, 2.05) is 12.3 Å². The van der Waals surface area contributed by atoms with Gasteiger partial charge in [-0.25, -0.2) is 4.99 Å². The van der Waals surface area contributed by atoms with Gasteiger partial charge in [0.05, 0.1) is 21.7 Å². The minimum Gasteiger partial charge on any atom is -0.361 e. The molecule has 4 heterocycles. The number of nitrogens with zero attached hydrogens (tertiary/aromatic N) is 1. The van der Waals surface area contributed by atoms with Gasteiger partial charge in [-0.2, -0.15) is 25.3 Å². The first-order valence-corrected chi connectivity index (χ1v) is 17.3. The summed E-state index contributed by atoms with van der Waals surface area (Å²) < 4.78 is 0. The van der Waals surface area contributed by atoms with Gasteiger partial charge in [0.15, 0.2) is 0 Å². The third kappa shape index (κ3) is 7.24. The molecule has 1 aliphatic heterocycles. The molecule has 0 saturated carbocycles. The molecule has 4 nitrogen and oxygen atoms in total. The molecule has 3 N–H and O–H groups in total. The van der Waals surface area contributed by atoms with Crippen molar-refractivity contribution < 1.29 is 0 Å². The quantitative estimate of drug-likeness (QED) is 0.0881. The van der Waals surface area contributed by atoms with E-state index in [1.54, 1.807) is 23.5 Å². The zero-order chi connectivity index (χ0) is 29.3. The Morgan fingerprint density at radius 3 is 1.93 bits per heavy atom. The first-order chi connectivity index (χ1) is 20.6. The molecule has 2 aromatic carbocycles. The molecule has 0 spiro atoms. The van der Waals surface area contributed by atoms with Crippen LogP contribution in [0.2, 0.25) is 0 Å². The topological polar surface area (TPSA) is 59.7 Å². The van der Waals surface area contributed by atoms with Gasteiger partial charge in [-0.3, -0.25) is 0 Å². The van der Waals surface area contributed by atoms with Crippen molar-refractivity contribution in [2.24, 2.45) is 4.99 Å². The van der Waals surface area contributed by atoms with Gasteiger partial charge in [-0.15, -0.1) is 23.5 Å². The summed E-state index contributed by atoms with van der Waals surface area (Å²) in [5, 5.41) is 2.23. The summed E-state index contributed by atoms with van der Waals surface area (Å²) in [6, 6.07) is 33.7. The normalized spacial score (nSPS) is 14.3. The maximum atomic E-state index is 4.70. The van der Waals surface area contributed by atoms with Crippen LogP contribution in [0.15, 0.2) is 125 Å². The van der Waals surface area contributed by atoms with Crippen LogP contribution < -0.4 is 0 Å². The fourth-order valence-electron chi connectivity index (χ4n) is 4.89. The maximum absolute atomic E-state index is 4.70. The molecule has 0 fully saturated rings. The minimum atomic E-state index is 0.195. The van der Waals surface area contributed by atoms with Gasteiger partial charge in [0.2, 0.25) is 0 Å². The summed E-state index contributed by atoms with van der Waals surface area (Å²) >= 11 is 12.1. The number of thioether (sulfide) groups is 2. The first-order valence-electron chi connectivity index (χ1n) is 13.6. The van der Waals surface area contributed by atoms with Crippen molar-refractivity contribution in [2.45, 2.75) is 22.4 Å². The van der Waals surface area contributed by atoms with Gasteiger partial charge >= 0.3 is 0 Å². The molecule has 0 aliphatic carbocycles. The van der Waals surface area contributed by atoms with Crippen LogP contribution in [0, 0.1) is 0 Å². The van der Waals surface area contributed by atoms with Crippen LogP contribution in [0.1, 0.15) is 45.5 Å². The van der Waals surface area contributed by atoms with Crippen LogP contribution >= 0.6 is 48.8 Å². The Bertz CT molecular complexity index is 1630. The predicted octanol–water partition coefficient (Wildman–Crippen LogP) is 9.21. The van der Waals surface area contributed by atoms with E-state index in [0.717, 1.165) is 44.7 Å². The zero-order valence-corrected chi connectivity index (χ0v) is 27.0. The van der Waals surface area contributed by atoms with Crippen LogP contribution in [0.5, 0.6) is 0 Å². The summed E-state index contributed by atoms with van der Waals surface area (Å²) in [4.78, 5) is 15.1. The van der Waals surface area contributed by atoms with Crippen LogP contribution in [0.4, 0.5) is 0 Å². The Morgan fingerprint density at radius 1 is 0.690 bits per heavy atom. The molecule has 0 radical (unpaired) electrons. The Kier molecular flexibility index (Phi) is 10.7. The highest BCUT2D eigenvalue weighted by atomic mass is 32.2. The van der Waals surface area contributed by atoms with Crippen molar-refractivity contribution >= 4 is 59.4 Å². The molecule has 1 unspecified atom stereocenters. The summed E-state index contributed by atoms with van der Waals surface area (Å²) in [5.74, 6) is 1.62. The molecule has 1 atom stereocenters. The van der Waals surface area contributed by atoms with E-state index in [9.17, 15) is 0 Å². The number of benzene rings is 2. The Labute approximate surface area is 267 Å². The fraction of sp³-hybridized carbons (Fsp3) is 0.147. The minimum absolute atomic E-state index is 0.195. The van der Waals surface area contributed by atoms with Crippen LogP contribution in [-0.4, -0.2) is 32.5 Å². The van der Waals surface area contributed by atoms with Crippen LogP contribution in [0.25, 0.3) is 5.57 Å². The number of allylic oxidation sites excluding steroid dienone is 1. The van der Waals surface area contributed by atoms with E-state index < -0.39 is 0 Å². The highest BCUT2D eigenvalue weighted by molar-refractivity contribution is 8.13. The molecule has 5 aromatic rings. The average Bonchev–Trinajstić information content (AvgIpc) is 3.87. The number of rotatable bonds is 8. The Balaban J connectivity index is 0.000000168. The maximum Gasteiger partial charge on any atom is 0.0965 e. The van der Waals surface area contributed by atoms with Crippen LogP contribution in [-0.2, 0) is 11.5 Å². The number of hydrogen-bond donors (Lipinski definition) is 5. The number of aromatic amines is 3. The van der Waals surface area contributed by atoms with E-state index in [1.165, 1.54) is 22.0 Å². The van der Waals surface area contributed by atoms with Gasteiger partial charge < -0.3 is 15.0 Å². The third-order valence-corrected chi connectivity index (χ3v) is 8.93. The molecule has 6 rings (SSSR count). The first kappa shape index (κ1) is 30.3. The third-order valence-electron chi connectivity index (χ3n) is 6.92. The Morgan fingerprint density at radius 2 is 1.33 bits per heavy atom. The highest BCUT2D eigenvalue weighted by Crippen LogP contribution is 2.33. The lowest BCUT2D eigenvalue weighted by atomic mass is 9.93. The zero-order valence-electron chi connectivity index (χ0n) is 23.5. The number of hydrogen-bond acceptors (Lipinski definition) is 5. The van der Waals surface area contributed by atoms with E-state index in [4.69, 9.17) is 4.99 Å². The second-order valence-corrected chi connectivity index (χ2v) is 11.9. The van der Waals surface area contributed by atoms with E-state index in [-0.39, 0.29) is 5.92 Å². The lowest BCUT2D eigenvalue weighted by molar-refractivity contribution is 0.878. The van der Waals surface area contributed by atoms with Crippen molar-refractivity contribution in [1.29, 1.82) is 0 Å². The second kappa shape index (κ2) is 14.8. The molecule has 0 amide bonds. The van der Waals surface area contributed by atoms with Gasteiger partial charge in [-0.1, -0.05) is 60.7 Å². The number of nitrogens with one attached hydrogen (secondary N) is 3. The molecule has 214 valence electrons. The number of aliphatic imine (C=N–C) groups is 1. The smallest absolute Gasteiger partial charge is 0.0965 e. The van der Waals surface area contributed by atoms with Crippen molar-refractivity contribution in [3.05, 3.63) is 155 Å². The number of aromatic nitrogens is 3. The molecular weight excluding hydrogens is 593 g/mol. The molecule has 1 aliphatic rings. The monoisotopic (exact) mass is 626 g/mol. The summed E-state index contributed by atoms with van der Waals surface area (Å²) in [6.45, 7) is 0. The van der Waals surface area contributed by atoms with Crippen molar-refractivity contribution in [3.63, 3.8) is 0 Å². The van der Waals surface area contributed by atoms with E-state index in [2.05, 4.69) is 150 Å². The Hall–Kier alpha value is -3.17. The molecule has 0 bridgehead atoms. The lowest BCUT2D eigenvalue weighted by Gasteiger charge is -2.15. The SMILES string of the molecule is CSC1=N/C(=C(/c2ccccc2)c2ccc(CS)[nH]2)C=C1.CSc1ccc(C(c2ccccc2)c2ccc(CS)[nH]2)[nH]1. The lowest BCUT2D eigenvalue weighted by Crippen LogP contribution is -2.04. The van der Waals surface area contributed by atoms with Gasteiger partial charge in [0.1, 0.15) is 0 Å². The fourth-order valence-corrected chi connectivity index (χ4v) is 6.08. The van der Waals surface area contributed by atoms with Gasteiger partial charge in [-0.05, 0) is 72.2 Å². The summed E-state index contributed by atoms with van der Waals surface area (Å²) in [7, 11) is 0. The number of H-pyrrole nitrogens is 3. The van der Waals surface area contributed by atoms with Gasteiger partial charge in [0, 0.05) is 45.5 Å². The van der Waals surface area contributed by atoms with Crippen LogP contribution in [0.3, 0.4) is 0 Å². The molecule has 8 heteroatoms. The summed E-state index contributed by atoms with van der Waals surface area (Å²) in [5.41, 5.74) is 10.3. The largest absolute Gasteiger partial charge is 0.361 e. The average molecular weight is 627 g/mol. The van der Waals surface area contributed by atoms with E-state index in [0.29, 0.717) is 5.75 Å². The molecule has 0 saturated heterocycles. The molecular formula is C34H34N4S4. The van der Waals surface area contributed by atoms with Crippen molar-refractivity contribution in [3.8, 4) is 0 Å². The summed E-state index contributed by atoms with van der Waals surface area (Å²) in [6.07, 6.45) is 8.27. The highest BCUT2D eigenvalue weighted by Gasteiger charge is 2.20. The second-order valence-electron chi connectivity index (χ2n) is 9.59. The van der Waals surface area contributed by atoms with E-state index >= 15 is 0 Å². The molecule has 42 heavy (non-hydrogen) atoms.